The number of hydrogen-bond donors (Lipinski definition) is 12. The molecule has 2 aliphatic heterocycles. The summed E-state index contributed by atoms with van der Waals surface area (Å²) in [5, 5.41) is 17.3. The van der Waals surface area contributed by atoms with Gasteiger partial charge in [-0.2, -0.15) is 0 Å². The lowest BCUT2D eigenvalue weighted by Crippen LogP contribution is -2.61. The van der Waals surface area contributed by atoms with Gasteiger partial charge in [0.2, 0.25) is 65.0 Å². The maximum absolute atomic E-state index is 14.3. The summed E-state index contributed by atoms with van der Waals surface area (Å²) in [6, 6.07) is -10.6. The molecule has 0 aromatic carbocycles. The van der Waals surface area contributed by atoms with Crippen molar-refractivity contribution < 1.29 is 52.7 Å². The van der Waals surface area contributed by atoms with Crippen molar-refractivity contribution in [1.82, 2.24) is 42.1 Å². The van der Waals surface area contributed by atoms with Gasteiger partial charge in [0, 0.05) is 24.5 Å². The minimum atomic E-state index is -1.73. The van der Waals surface area contributed by atoms with E-state index in [4.69, 9.17) is 28.7 Å². The van der Waals surface area contributed by atoms with Crippen LogP contribution in [0.15, 0.2) is 0 Å². The fourth-order valence-corrected chi connectivity index (χ4v) is 8.41. The molecule has 26 heteroatoms. The van der Waals surface area contributed by atoms with Crippen molar-refractivity contribution in [2.24, 2.45) is 34.6 Å². The first-order valence-corrected chi connectivity index (χ1v) is 22.1. The Bertz CT molecular complexity index is 1660. The van der Waals surface area contributed by atoms with Gasteiger partial charge in [-0.3, -0.25) is 52.7 Å². The van der Waals surface area contributed by atoms with Gasteiger partial charge in [0.05, 0.1) is 19.0 Å². The second-order valence-corrected chi connectivity index (χ2v) is 17.2. The number of rotatable bonds is 15. The zero-order chi connectivity index (χ0) is 46.0. The van der Waals surface area contributed by atoms with Crippen LogP contribution in [0.3, 0.4) is 0 Å². The van der Waals surface area contributed by atoms with Crippen LogP contribution < -0.4 is 65.9 Å². The highest BCUT2D eigenvalue weighted by molar-refractivity contribution is 8.76. The summed E-state index contributed by atoms with van der Waals surface area (Å²) in [7, 11) is 2.06. The second kappa shape index (κ2) is 25.5. The molecule has 2 heterocycles. The summed E-state index contributed by atoms with van der Waals surface area (Å²) in [6.45, 7) is 4.31. The second-order valence-electron chi connectivity index (χ2n) is 14.6. The molecule has 11 amide bonds. The first-order chi connectivity index (χ1) is 28.7. The van der Waals surface area contributed by atoms with E-state index in [0.29, 0.717) is 12.8 Å². The van der Waals surface area contributed by atoms with Crippen molar-refractivity contribution in [3.05, 3.63) is 0 Å². The lowest BCUT2D eigenvalue weighted by molar-refractivity contribution is -0.142. The van der Waals surface area contributed by atoms with Gasteiger partial charge in [-0.05, 0) is 45.1 Å². The third-order valence-corrected chi connectivity index (χ3v) is 12.2. The summed E-state index contributed by atoms with van der Waals surface area (Å²) < 4.78 is 0. The summed E-state index contributed by atoms with van der Waals surface area (Å²) >= 11 is 0. The molecule has 0 aromatic heterocycles. The summed E-state index contributed by atoms with van der Waals surface area (Å²) in [4.78, 5) is 144. The van der Waals surface area contributed by atoms with E-state index >= 15 is 0 Å². The number of nitrogens with zero attached hydrogens (tertiary/aromatic N) is 1. The SMILES string of the molecule is CC[C@H](C)[C@@H]1NC(=O)[C@H](C)NC(=O)[C@@H](N)CSSC[C@@H](C(=O)N2CCC[C@H]2C(=O)N[C@@H](CCN)C(=O)NCC(N)=O)NC(=O)[C@H](CC(N)=O)NC(=O)[C@H](CCC(N)=O)NC1=O. The zero-order valence-electron chi connectivity index (χ0n) is 34.3. The molecule has 0 aromatic rings. The minimum absolute atomic E-state index is 0.0195. The average molecular weight is 902 g/mol. The topological polar surface area (TPSA) is 405 Å². The molecule has 0 unspecified atom stereocenters. The summed E-state index contributed by atoms with van der Waals surface area (Å²) in [5.74, 6) is -10.1. The molecule has 61 heavy (non-hydrogen) atoms. The molecule has 0 saturated carbocycles. The number of hydrogen-bond acceptors (Lipinski definition) is 15. The van der Waals surface area contributed by atoms with Crippen LogP contribution in [0.25, 0.3) is 0 Å². The number of carbonyl (C=O) groups is 11. The van der Waals surface area contributed by atoms with Crippen molar-refractivity contribution in [2.45, 2.75) is 114 Å². The Morgan fingerprint density at radius 2 is 1.46 bits per heavy atom. The van der Waals surface area contributed by atoms with E-state index in [-0.39, 0.29) is 43.9 Å². The van der Waals surface area contributed by atoms with Gasteiger partial charge in [0.15, 0.2) is 0 Å². The Balaban J connectivity index is 2.53. The van der Waals surface area contributed by atoms with Crippen molar-refractivity contribution in [3.8, 4) is 0 Å². The predicted octanol–water partition coefficient (Wildman–Crippen LogP) is -6.23. The molecule has 0 aliphatic carbocycles. The Morgan fingerprint density at radius 1 is 0.820 bits per heavy atom. The molecule has 2 saturated heterocycles. The lowest BCUT2D eigenvalue weighted by atomic mass is 9.97. The van der Waals surface area contributed by atoms with Crippen LogP contribution in [0.4, 0.5) is 0 Å². The Kier molecular flexibility index (Phi) is 21.7. The van der Waals surface area contributed by atoms with E-state index in [1.807, 2.05) is 0 Å². The van der Waals surface area contributed by atoms with Gasteiger partial charge in [0.25, 0.3) is 0 Å². The van der Waals surface area contributed by atoms with Crippen molar-refractivity contribution >= 4 is 86.6 Å². The van der Waals surface area contributed by atoms with Crippen LogP contribution in [0.2, 0.25) is 0 Å². The average Bonchev–Trinajstić information content (AvgIpc) is 3.70. The third-order valence-electron chi connectivity index (χ3n) is 9.78. The van der Waals surface area contributed by atoms with E-state index < -0.39 is 139 Å². The normalized spacial score (nSPS) is 25.9. The van der Waals surface area contributed by atoms with Gasteiger partial charge >= 0.3 is 0 Å². The van der Waals surface area contributed by atoms with Crippen LogP contribution in [-0.4, -0.2) is 149 Å². The molecule has 342 valence electrons. The molecule has 17 N–H and O–H groups in total. The van der Waals surface area contributed by atoms with Crippen LogP contribution in [0, 0.1) is 5.92 Å². The number of likely N-dealkylation sites (tertiary alicyclic amines) is 1. The highest BCUT2D eigenvalue weighted by Gasteiger charge is 2.40. The van der Waals surface area contributed by atoms with Crippen molar-refractivity contribution in [1.29, 1.82) is 0 Å². The lowest BCUT2D eigenvalue weighted by Gasteiger charge is -2.31. The summed E-state index contributed by atoms with van der Waals surface area (Å²) in [6.07, 6.45) is -0.682. The fourth-order valence-electron chi connectivity index (χ4n) is 6.13. The predicted molar refractivity (Wildman–Crippen MR) is 222 cm³/mol. The van der Waals surface area contributed by atoms with Crippen molar-refractivity contribution in [2.75, 3.05) is 31.1 Å². The molecule has 2 fully saturated rings. The monoisotopic (exact) mass is 901 g/mol. The van der Waals surface area contributed by atoms with Crippen LogP contribution in [0.1, 0.15) is 65.7 Å². The number of nitrogens with two attached hydrogens (primary N) is 5. The molecule has 9 atom stereocenters. The molecule has 0 radical (unpaired) electrons. The number of primary amides is 3. The van der Waals surface area contributed by atoms with Crippen LogP contribution in [0.5, 0.6) is 0 Å². The van der Waals surface area contributed by atoms with Gasteiger partial charge < -0.3 is 70.8 Å². The van der Waals surface area contributed by atoms with Crippen LogP contribution in [-0.2, 0) is 52.7 Å². The molecule has 0 spiro atoms. The molecule has 2 rings (SSSR count). The quantitative estimate of drug-likeness (QED) is 0.0681. The largest absolute Gasteiger partial charge is 0.370 e. The Labute approximate surface area is 360 Å². The van der Waals surface area contributed by atoms with E-state index in [1.54, 1.807) is 13.8 Å². The first kappa shape index (κ1) is 51.9. The van der Waals surface area contributed by atoms with E-state index in [0.717, 1.165) is 21.6 Å². The molecule has 2 aliphatic rings. The van der Waals surface area contributed by atoms with E-state index in [2.05, 4.69) is 37.2 Å². The summed E-state index contributed by atoms with van der Waals surface area (Å²) in [5.41, 5.74) is 27.7. The standard InChI is InChI=1S/C35H59N13O11S2/c1-4-16(2)27-34(58)44-19(7-8-24(38)49)31(55)45-21(12-25(39)50)32(56)46-22(15-61-60-14-18(37)29(53)42-17(3)28(52)47-27)35(59)48-11-5-6-23(48)33(57)43-20(9-10-36)30(54)41-13-26(40)51/h16-23,27H,4-15,36-37H2,1-3H3,(H2,38,49)(H2,39,50)(H2,40,51)(H,41,54)(H,42,53)(H,43,57)(H,44,58)(H,45,55)(H,46,56)(H,47,52)/t16-,17-,18-,19-,20-,21-,22-,23-,27-/m0/s1. The molecule has 0 bridgehead atoms. The van der Waals surface area contributed by atoms with Crippen molar-refractivity contribution in [3.63, 3.8) is 0 Å². The minimum Gasteiger partial charge on any atom is -0.370 e. The highest BCUT2D eigenvalue weighted by atomic mass is 33.1. The van der Waals surface area contributed by atoms with Gasteiger partial charge in [-0.15, -0.1) is 0 Å². The zero-order valence-corrected chi connectivity index (χ0v) is 36.0. The number of nitrogens with one attached hydrogen (secondary N) is 7. The number of carbonyl (C=O) groups excluding carboxylic acids is 11. The fraction of sp³-hybridized carbons (Fsp3) is 0.686. The maximum Gasteiger partial charge on any atom is 0.246 e. The smallest absolute Gasteiger partial charge is 0.246 e. The Hall–Kier alpha value is -5.21. The highest BCUT2D eigenvalue weighted by Crippen LogP contribution is 2.26. The number of amides is 11. The molecular formula is C35H59N13O11S2. The van der Waals surface area contributed by atoms with E-state index in [9.17, 15) is 52.7 Å². The van der Waals surface area contributed by atoms with Crippen LogP contribution >= 0.6 is 21.6 Å². The van der Waals surface area contributed by atoms with Gasteiger partial charge in [-0.25, -0.2) is 0 Å². The third kappa shape index (κ3) is 17.0. The first-order valence-electron chi connectivity index (χ1n) is 19.7. The Morgan fingerprint density at radius 3 is 2.07 bits per heavy atom. The molecule has 24 nitrogen and oxygen atoms in total. The maximum atomic E-state index is 14.3. The van der Waals surface area contributed by atoms with Gasteiger partial charge in [-0.1, -0.05) is 41.9 Å². The molecular weight excluding hydrogens is 843 g/mol. The van der Waals surface area contributed by atoms with Gasteiger partial charge in [0.1, 0.15) is 42.3 Å². The van der Waals surface area contributed by atoms with E-state index in [1.165, 1.54) is 11.8 Å².